The van der Waals surface area contributed by atoms with Crippen molar-refractivity contribution in [2.45, 2.75) is 19.9 Å². The minimum absolute atomic E-state index is 0.128. The molecule has 0 aliphatic heterocycles. The van der Waals surface area contributed by atoms with E-state index in [2.05, 4.69) is 20.8 Å². The van der Waals surface area contributed by atoms with Gasteiger partial charge in [0.1, 0.15) is 0 Å². The maximum atomic E-state index is 12.4. The van der Waals surface area contributed by atoms with Crippen LogP contribution in [0.5, 0.6) is 0 Å². The number of aromatic nitrogens is 2. The lowest BCUT2D eigenvalue weighted by Crippen LogP contribution is -2.26. The molecule has 3 aromatic rings. The number of benzene rings is 2. The number of hydrogen-bond acceptors (Lipinski definition) is 3. The molecule has 1 atom stereocenters. The molecule has 0 spiro atoms. The van der Waals surface area contributed by atoms with Crippen LogP contribution in [-0.4, -0.2) is 22.0 Å². The monoisotopic (exact) mass is 322 g/mol. The van der Waals surface area contributed by atoms with E-state index < -0.39 is 0 Å². The van der Waals surface area contributed by atoms with Crippen molar-refractivity contribution in [2.24, 2.45) is 0 Å². The second-order valence-electron chi connectivity index (χ2n) is 5.67. The Morgan fingerprint density at radius 1 is 1.17 bits per heavy atom. The maximum Gasteiger partial charge on any atom is 0.251 e. The first-order chi connectivity index (χ1) is 11.5. The number of aromatic amines is 1. The molecule has 0 bridgehead atoms. The van der Waals surface area contributed by atoms with Crippen molar-refractivity contribution in [1.29, 1.82) is 0 Å². The number of hydrogen-bond donors (Lipinski definition) is 3. The van der Waals surface area contributed by atoms with E-state index in [0.29, 0.717) is 11.3 Å². The largest absolute Gasteiger partial charge is 0.346 e. The van der Waals surface area contributed by atoms with E-state index in [1.807, 2.05) is 37.3 Å². The summed E-state index contributed by atoms with van der Waals surface area (Å²) in [5, 5.41) is 13.4. The average molecular weight is 322 g/mol. The summed E-state index contributed by atoms with van der Waals surface area (Å²) in [6.07, 6.45) is 1.69. The first kappa shape index (κ1) is 15.7. The molecule has 6 nitrogen and oxygen atoms in total. The van der Waals surface area contributed by atoms with Crippen molar-refractivity contribution in [1.82, 2.24) is 15.5 Å². The Morgan fingerprint density at radius 2 is 2.00 bits per heavy atom. The molecule has 1 heterocycles. The summed E-state index contributed by atoms with van der Waals surface area (Å²) in [5.74, 6) is -0.284. The molecule has 0 fully saturated rings. The van der Waals surface area contributed by atoms with Crippen LogP contribution >= 0.6 is 0 Å². The molecule has 2 amide bonds. The van der Waals surface area contributed by atoms with Crippen molar-refractivity contribution < 1.29 is 9.59 Å². The number of anilines is 1. The predicted octanol–water partition coefficient (Wildman–Crippen LogP) is 3.01. The zero-order valence-electron chi connectivity index (χ0n) is 13.5. The van der Waals surface area contributed by atoms with E-state index in [0.717, 1.165) is 16.5 Å². The minimum atomic E-state index is -0.189. The molecule has 24 heavy (non-hydrogen) atoms. The molecular weight excluding hydrogens is 304 g/mol. The van der Waals surface area contributed by atoms with Crippen molar-refractivity contribution in [3.8, 4) is 0 Å². The molecule has 0 aliphatic rings. The Hall–Kier alpha value is -3.15. The Kier molecular flexibility index (Phi) is 4.29. The summed E-state index contributed by atoms with van der Waals surface area (Å²) in [6.45, 7) is 3.37. The van der Waals surface area contributed by atoms with Gasteiger partial charge in [0.05, 0.1) is 17.8 Å². The molecule has 0 aliphatic carbocycles. The van der Waals surface area contributed by atoms with E-state index in [9.17, 15) is 9.59 Å². The first-order valence-electron chi connectivity index (χ1n) is 7.64. The molecule has 2 aromatic carbocycles. The van der Waals surface area contributed by atoms with Crippen molar-refractivity contribution in [3.05, 3.63) is 59.8 Å². The number of amides is 2. The number of nitrogens with zero attached hydrogens (tertiary/aromatic N) is 1. The molecule has 1 aromatic heterocycles. The van der Waals surface area contributed by atoms with E-state index in [-0.39, 0.29) is 17.9 Å². The van der Waals surface area contributed by atoms with Gasteiger partial charge in [0.15, 0.2) is 0 Å². The summed E-state index contributed by atoms with van der Waals surface area (Å²) in [5.41, 5.74) is 3.09. The molecule has 0 saturated heterocycles. The van der Waals surface area contributed by atoms with Gasteiger partial charge in [0.25, 0.3) is 5.91 Å². The maximum absolute atomic E-state index is 12.4. The van der Waals surface area contributed by atoms with E-state index in [1.54, 1.807) is 18.3 Å². The third-order valence-electron chi connectivity index (χ3n) is 3.76. The van der Waals surface area contributed by atoms with Crippen LogP contribution in [0.3, 0.4) is 0 Å². The van der Waals surface area contributed by atoms with Crippen LogP contribution in [0.15, 0.2) is 48.7 Å². The van der Waals surface area contributed by atoms with Gasteiger partial charge in [-0.15, -0.1) is 0 Å². The number of nitrogens with one attached hydrogen (secondary N) is 3. The molecule has 1 unspecified atom stereocenters. The fourth-order valence-corrected chi connectivity index (χ4v) is 2.54. The predicted molar refractivity (Wildman–Crippen MR) is 92.7 cm³/mol. The quantitative estimate of drug-likeness (QED) is 0.690. The summed E-state index contributed by atoms with van der Waals surface area (Å²) in [7, 11) is 0. The zero-order valence-corrected chi connectivity index (χ0v) is 13.5. The van der Waals surface area contributed by atoms with E-state index in [1.165, 1.54) is 6.92 Å². The number of carbonyl (C=O) groups excluding carboxylic acids is 2. The van der Waals surface area contributed by atoms with Gasteiger partial charge >= 0.3 is 0 Å². The fraction of sp³-hybridized carbons (Fsp3) is 0.167. The zero-order chi connectivity index (χ0) is 17.1. The van der Waals surface area contributed by atoms with Gasteiger partial charge in [0, 0.05) is 23.6 Å². The van der Waals surface area contributed by atoms with Gasteiger partial charge < -0.3 is 10.6 Å². The molecule has 122 valence electrons. The lowest BCUT2D eigenvalue weighted by molar-refractivity contribution is -0.114. The van der Waals surface area contributed by atoms with Crippen molar-refractivity contribution in [3.63, 3.8) is 0 Å². The highest BCUT2D eigenvalue weighted by molar-refractivity contribution is 5.98. The SMILES string of the molecule is CC(=O)Nc1cccc(C(C)NC(=O)c2ccc3[nH]ncc3c2)c1. The standard InChI is InChI=1S/C18H18N4O2/c1-11(13-4-3-5-16(9-13)21-12(2)23)20-18(24)14-6-7-17-15(8-14)10-19-22-17/h3-11H,1-2H3,(H,19,22)(H,20,24)(H,21,23). The lowest BCUT2D eigenvalue weighted by atomic mass is 10.1. The number of rotatable bonds is 4. The smallest absolute Gasteiger partial charge is 0.251 e. The highest BCUT2D eigenvalue weighted by Crippen LogP contribution is 2.19. The highest BCUT2D eigenvalue weighted by atomic mass is 16.2. The van der Waals surface area contributed by atoms with E-state index in [4.69, 9.17) is 0 Å². The summed E-state index contributed by atoms with van der Waals surface area (Å²) in [6, 6.07) is 12.6. The number of fused-ring (bicyclic) bond motifs is 1. The molecule has 3 N–H and O–H groups in total. The summed E-state index contributed by atoms with van der Waals surface area (Å²) >= 11 is 0. The van der Waals surface area contributed by atoms with Gasteiger partial charge in [-0.2, -0.15) is 5.10 Å². The molecule has 3 rings (SSSR count). The van der Waals surface area contributed by atoms with Crippen LogP contribution in [0.25, 0.3) is 10.9 Å². The first-order valence-corrected chi connectivity index (χ1v) is 7.64. The second-order valence-corrected chi connectivity index (χ2v) is 5.67. The third kappa shape index (κ3) is 3.43. The normalized spacial score (nSPS) is 11.9. The van der Waals surface area contributed by atoms with E-state index >= 15 is 0 Å². The van der Waals surface area contributed by atoms with Crippen LogP contribution in [0.4, 0.5) is 5.69 Å². The Labute approximate surface area is 139 Å². The lowest BCUT2D eigenvalue weighted by Gasteiger charge is -2.15. The summed E-state index contributed by atoms with van der Waals surface area (Å²) in [4.78, 5) is 23.6. The average Bonchev–Trinajstić information content (AvgIpc) is 3.02. The summed E-state index contributed by atoms with van der Waals surface area (Å²) < 4.78 is 0. The van der Waals surface area contributed by atoms with Gasteiger partial charge in [0.2, 0.25) is 5.91 Å². The van der Waals surface area contributed by atoms with Crippen LogP contribution in [-0.2, 0) is 4.79 Å². The van der Waals surface area contributed by atoms with Gasteiger partial charge in [-0.3, -0.25) is 14.7 Å². The molecule has 0 radical (unpaired) electrons. The topological polar surface area (TPSA) is 86.9 Å². The second kappa shape index (κ2) is 6.54. The van der Waals surface area contributed by atoms with Gasteiger partial charge in [-0.25, -0.2) is 0 Å². The van der Waals surface area contributed by atoms with Crippen LogP contribution in [0, 0.1) is 0 Å². The molecule has 6 heteroatoms. The Morgan fingerprint density at radius 3 is 2.79 bits per heavy atom. The Bertz CT molecular complexity index is 901. The fourth-order valence-electron chi connectivity index (χ4n) is 2.54. The highest BCUT2D eigenvalue weighted by Gasteiger charge is 2.13. The van der Waals surface area contributed by atoms with Crippen molar-refractivity contribution >= 4 is 28.4 Å². The molecular formula is C18H18N4O2. The Balaban J connectivity index is 1.74. The van der Waals surface area contributed by atoms with Crippen molar-refractivity contribution in [2.75, 3.05) is 5.32 Å². The number of H-pyrrole nitrogens is 1. The van der Waals surface area contributed by atoms with Gasteiger partial charge in [-0.05, 0) is 42.8 Å². The molecule has 0 saturated carbocycles. The van der Waals surface area contributed by atoms with Crippen LogP contribution in [0.2, 0.25) is 0 Å². The third-order valence-corrected chi connectivity index (χ3v) is 3.76. The number of carbonyl (C=O) groups is 2. The van der Waals surface area contributed by atoms with Crippen LogP contribution in [0.1, 0.15) is 35.8 Å². The van der Waals surface area contributed by atoms with Crippen LogP contribution < -0.4 is 10.6 Å². The minimum Gasteiger partial charge on any atom is -0.346 e. The van der Waals surface area contributed by atoms with Gasteiger partial charge in [-0.1, -0.05) is 12.1 Å².